The fraction of sp³-hybridized carbons (Fsp3) is 0.286. The number of nitrogens with one attached hydrogen (secondary N) is 1. The quantitative estimate of drug-likeness (QED) is 0.376. The Hall–Kier alpha value is -2.56. The van der Waals surface area contributed by atoms with Crippen molar-refractivity contribution in [2.45, 2.75) is 24.3 Å². The average Bonchev–Trinajstić information content (AvgIpc) is 2.73. The molecule has 1 atom stereocenters. The number of rotatable bonds is 7. The van der Waals surface area contributed by atoms with Crippen LogP contribution >= 0.6 is 23.4 Å². The highest BCUT2D eigenvalue weighted by molar-refractivity contribution is 7.99. The summed E-state index contributed by atoms with van der Waals surface area (Å²) in [6.07, 6.45) is -4.68. The van der Waals surface area contributed by atoms with Crippen molar-refractivity contribution >= 4 is 45.9 Å². The molecule has 0 fully saturated rings. The Kier molecular flexibility index (Phi) is 7.47. The number of alkyl halides is 3. The molecule has 0 aliphatic heterocycles. The Labute approximate surface area is 190 Å². The number of aromatic nitrogens is 2. The first-order valence-corrected chi connectivity index (χ1v) is 10.8. The first-order chi connectivity index (χ1) is 15.1. The average molecular weight is 486 g/mol. The zero-order chi connectivity index (χ0) is 23.5. The molecule has 0 radical (unpaired) electrons. The van der Waals surface area contributed by atoms with E-state index in [1.54, 1.807) is 31.2 Å². The van der Waals surface area contributed by atoms with Gasteiger partial charge in [0.15, 0.2) is 5.16 Å². The number of methoxy groups -OCH3 is 1. The summed E-state index contributed by atoms with van der Waals surface area (Å²) < 4.78 is 46.3. The number of hydrogen-bond donors (Lipinski definition) is 1. The second-order valence-electron chi connectivity index (χ2n) is 6.89. The molecule has 0 aliphatic carbocycles. The maximum absolute atomic E-state index is 13.3. The fourth-order valence-corrected chi connectivity index (χ4v) is 4.24. The summed E-state index contributed by atoms with van der Waals surface area (Å²) in [6, 6.07) is 9.65. The van der Waals surface area contributed by atoms with E-state index in [9.17, 15) is 22.8 Å². The molecule has 32 heavy (non-hydrogen) atoms. The summed E-state index contributed by atoms with van der Waals surface area (Å²) in [5.74, 6) is -1.01. The topological polar surface area (TPSA) is 73.2 Å². The van der Waals surface area contributed by atoms with Gasteiger partial charge in [0.1, 0.15) is 0 Å². The van der Waals surface area contributed by atoms with E-state index < -0.39 is 23.3 Å². The molecule has 1 amide bonds. The van der Waals surface area contributed by atoms with Crippen molar-refractivity contribution in [1.29, 1.82) is 0 Å². The van der Waals surface area contributed by atoms with Gasteiger partial charge in [-0.2, -0.15) is 13.2 Å². The fourth-order valence-electron chi connectivity index (χ4n) is 3.12. The van der Waals surface area contributed by atoms with Crippen molar-refractivity contribution in [3.05, 3.63) is 63.4 Å². The molecule has 0 saturated heterocycles. The van der Waals surface area contributed by atoms with Gasteiger partial charge in [0.25, 0.3) is 5.56 Å². The number of para-hydroxylation sites is 2. The normalized spacial score (nSPS) is 12.7. The maximum atomic E-state index is 13.3. The van der Waals surface area contributed by atoms with Crippen molar-refractivity contribution in [1.82, 2.24) is 9.55 Å². The lowest BCUT2D eigenvalue weighted by atomic mass is 10.1. The van der Waals surface area contributed by atoms with Crippen molar-refractivity contribution < 1.29 is 22.7 Å². The van der Waals surface area contributed by atoms with Gasteiger partial charge in [0.05, 0.1) is 45.6 Å². The smallest absolute Gasteiger partial charge is 0.383 e. The standard InChI is InChI=1S/C21H19ClF3N3O3S/c1-12(10-31-2)28-19(30)13-6-3-4-9-16(13)26-20(28)32-11-17(29)27-18-14(21(23,24)25)7-5-8-15(18)22/h3-9,12H,10-11H2,1-2H3,(H,27,29)/t12-/m0/s1. The van der Waals surface area contributed by atoms with Crippen LogP contribution in [0.1, 0.15) is 18.5 Å². The van der Waals surface area contributed by atoms with Crippen LogP contribution in [0.5, 0.6) is 0 Å². The molecule has 3 rings (SSSR count). The molecule has 0 bridgehead atoms. The highest BCUT2D eigenvalue weighted by atomic mass is 35.5. The largest absolute Gasteiger partial charge is 0.418 e. The number of fused-ring (bicyclic) bond motifs is 1. The first kappa shape index (κ1) is 24.1. The number of ether oxygens (including phenoxy) is 1. The number of benzene rings is 2. The van der Waals surface area contributed by atoms with Crippen LogP contribution in [-0.2, 0) is 15.7 Å². The maximum Gasteiger partial charge on any atom is 0.418 e. The minimum Gasteiger partial charge on any atom is -0.383 e. The lowest BCUT2D eigenvalue weighted by Crippen LogP contribution is -2.29. The second-order valence-corrected chi connectivity index (χ2v) is 8.24. The number of amides is 1. The molecular formula is C21H19ClF3N3O3S. The Bertz CT molecular complexity index is 1200. The Morgan fingerprint density at radius 2 is 1.97 bits per heavy atom. The summed E-state index contributed by atoms with van der Waals surface area (Å²) in [5, 5.41) is 2.67. The number of nitrogens with zero attached hydrogens (tertiary/aromatic N) is 2. The van der Waals surface area contributed by atoms with E-state index in [2.05, 4.69) is 10.3 Å². The molecule has 0 spiro atoms. The number of hydrogen-bond acceptors (Lipinski definition) is 5. The van der Waals surface area contributed by atoms with Gasteiger partial charge in [-0.25, -0.2) is 4.98 Å². The Balaban J connectivity index is 1.89. The number of thioether (sulfide) groups is 1. The summed E-state index contributed by atoms with van der Waals surface area (Å²) in [4.78, 5) is 30.0. The molecule has 2 aromatic carbocycles. The monoisotopic (exact) mass is 485 g/mol. The first-order valence-electron chi connectivity index (χ1n) is 9.42. The van der Waals surface area contributed by atoms with Crippen LogP contribution in [0.3, 0.4) is 0 Å². The van der Waals surface area contributed by atoms with Gasteiger partial charge in [-0.1, -0.05) is 41.6 Å². The molecule has 0 aliphatic rings. The minimum absolute atomic E-state index is 0.229. The Morgan fingerprint density at radius 1 is 1.25 bits per heavy atom. The molecule has 1 N–H and O–H groups in total. The highest BCUT2D eigenvalue weighted by Crippen LogP contribution is 2.38. The van der Waals surface area contributed by atoms with E-state index >= 15 is 0 Å². The zero-order valence-electron chi connectivity index (χ0n) is 17.1. The van der Waals surface area contributed by atoms with E-state index in [0.717, 1.165) is 23.9 Å². The SMILES string of the molecule is COC[C@H](C)n1c(SCC(=O)Nc2c(Cl)cccc2C(F)(F)F)nc2ccccc2c1=O. The van der Waals surface area contributed by atoms with E-state index in [-0.39, 0.29) is 34.1 Å². The minimum atomic E-state index is -4.68. The molecule has 3 aromatic rings. The van der Waals surface area contributed by atoms with Crippen molar-refractivity contribution in [3.63, 3.8) is 0 Å². The molecule has 11 heteroatoms. The number of halogens is 4. The van der Waals surface area contributed by atoms with Gasteiger partial charge in [-0.15, -0.1) is 0 Å². The third-order valence-electron chi connectivity index (χ3n) is 4.54. The van der Waals surface area contributed by atoms with Gasteiger partial charge < -0.3 is 10.1 Å². The third-order valence-corrected chi connectivity index (χ3v) is 5.81. The highest BCUT2D eigenvalue weighted by Gasteiger charge is 2.34. The zero-order valence-corrected chi connectivity index (χ0v) is 18.6. The van der Waals surface area contributed by atoms with E-state index in [1.165, 1.54) is 17.7 Å². The molecule has 1 heterocycles. The summed E-state index contributed by atoms with van der Waals surface area (Å²) in [5.41, 5.74) is -1.40. The van der Waals surface area contributed by atoms with Gasteiger partial charge in [-0.05, 0) is 31.2 Å². The molecule has 170 valence electrons. The summed E-state index contributed by atoms with van der Waals surface area (Å²) >= 11 is 6.83. The number of carbonyl (C=O) groups is 1. The van der Waals surface area contributed by atoms with Crippen LogP contribution in [0, 0.1) is 0 Å². The van der Waals surface area contributed by atoms with Crippen LogP contribution in [0.15, 0.2) is 52.4 Å². The van der Waals surface area contributed by atoms with Crippen LogP contribution in [0.25, 0.3) is 10.9 Å². The second kappa shape index (κ2) is 9.93. The van der Waals surface area contributed by atoms with Crippen molar-refractivity contribution in [2.24, 2.45) is 0 Å². The van der Waals surface area contributed by atoms with Crippen LogP contribution in [0.2, 0.25) is 5.02 Å². The molecule has 1 aromatic heterocycles. The molecule has 6 nitrogen and oxygen atoms in total. The van der Waals surface area contributed by atoms with Gasteiger partial charge in [0, 0.05) is 7.11 Å². The van der Waals surface area contributed by atoms with Gasteiger partial charge >= 0.3 is 6.18 Å². The van der Waals surface area contributed by atoms with Gasteiger partial charge in [0.2, 0.25) is 5.91 Å². The van der Waals surface area contributed by atoms with Crippen LogP contribution in [-0.4, -0.2) is 34.9 Å². The number of carbonyl (C=O) groups excluding carboxylic acids is 1. The lowest BCUT2D eigenvalue weighted by molar-refractivity contribution is -0.137. The van der Waals surface area contributed by atoms with E-state index in [0.29, 0.717) is 10.9 Å². The van der Waals surface area contributed by atoms with Crippen molar-refractivity contribution in [3.8, 4) is 0 Å². The predicted octanol–water partition coefficient (Wildman–Crippen LogP) is 5.01. The summed E-state index contributed by atoms with van der Waals surface area (Å²) in [6.45, 7) is 2.00. The Morgan fingerprint density at radius 3 is 2.66 bits per heavy atom. The van der Waals surface area contributed by atoms with Crippen LogP contribution < -0.4 is 10.9 Å². The van der Waals surface area contributed by atoms with Crippen molar-refractivity contribution in [2.75, 3.05) is 24.8 Å². The van der Waals surface area contributed by atoms with Gasteiger partial charge in [-0.3, -0.25) is 14.2 Å². The molecule has 0 saturated carbocycles. The lowest BCUT2D eigenvalue weighted by Gasteiger charge is -2.19. The van der Waals surface area contributed by atoms with Crippen LogP contribution in [0.4, 0.5) is 18.9 Å². The summed E-state index contributed by atoms with van der Waals surface area (Å²) in [7, 11) is 1.50. The third kappa shape index (κ3) is 5.25. The van der Waals surface area contributed by atoms with E-state index in [4.69, 9.17) is 16.3 Å². The molecular weight excluding hydrogens is 467 g/mol. The predicted molar refractivity (Wildman–Crippen MR) is 118 cm³/mol. The number of anilines is 1. The molecule has 0 unspecified atom stereocenters. The van der Waals surface area contributed by atoms with E-state index in [1.807, 2.05) is 0 Å².